The van der Waals surface area contributed by atoms with Gasteiger partial charge in [0.05, 0.1) is 12.4 Å². The van der Waals surface area contributed by atoms with Gasteiger partial charge in [-0.1, -0.05) is 62.4 Å². The van der Waals surface area contributed by atoms with Crippen molar-refractivity contribution >= 4 is 107 Å². The van der Waals surface area contributed by atoms with Crippen LogP contribution in [0.15, 0.2) is 78.3 Å². The van der Waals surface area contributed by atoms with E-state index >= 15 is 0 Å². The SMILES string of the molecule is CC(C)[C@H](NC(=O)[C@@H]1CCCN1C(=O)[C@H](CCCCN)NC(=O)[C@H](CS)NC(=O)[C@H](Cc1c[nH]c2ccccc12)NC(=O)[C@H](CCCN=C(N)N)NC(=O)[C@@H](Cc1ccccc1)NC(=O)[C@H](Cc1cnc[nH]1)NC(=O)[C@H](CCC(=O)O)NC(=O)[C@@H](N)CS)C(N)=O. The molecule has 10 amide bonds. The van der Waals surface area contributed by atoms with Crippen LogP contribution in [0.1, 0.15) is 88.5 Å². The molecule has 2 aromatic carbocycles. The lowest BCUT2D eigenvalue weighted by Gasteiger charge is -2.31. The van der Waals surface area contributed by atoms with Gasteiger partial charge in [0.15, 0.2) is 5.96 Å². The van der Waals surface area contributed by atoms with Crippen LogP contribution < -0.4 is 71.2 Å². The number of hydrogen-bond acceptors (Lipinski definition) is 17. The third kappa shape index (κ3) is 22.9. The number of unbranched alkanes of at least 4 members (excludes halogenated alkanes) is 1. The zero-order valence-electron chi connectivity index (χ0n) is 50.9. The number of para-hydroxylation sites is 1. The highest BCUT2D eigenvalue weighted by Crippen LogP contribution is 2.22. The summed E-state index contributed by atoms with van der Waals surface area (Å²) in [5, 5.41) is 31.5. The fourth-order valence-corrected chi connectivity index (χ4v) is 10.6. The molecule has 0 radical (unpaired) electrons. The number of nitrogens with one attached hydrogen (secondary N) is 10. The van der Waals surface area contributed by atoms with Gasteiger partial charge in [0, 0.05) is 79.3 Å². The molecule has 1 aliphatic rings. The third-order valence-corrected chi connectivity index (χ3v) is 15.9. The molecule has 1 fully saturated rings. The highest BCUT2D eigenvalue weighted by molar-refractivity contribution is 7.80. The van der Waals surface area contributed by atoms with Gasteiger partial charge in [-0.05, 0) is 81.0 Å². The van der Waals surface area contributed by atoms with Crippen molar-refractivity contribution in [1.82, 2.24) is 62.4 Å². The maximum atomic E-state index is 15.0. The number of carboxylic acids is 1. The number of primary amides is 1. The molecule has 0 aliphatic carbocycles. The second-order valence-electron chi connectivity index (χ2n) is 22.4. The van der Waals surface area contributed by atoms with Crippen LogP contribution in [0, 0.1) is 5.92 Å². The second-order valence-corrected chi connectivity index (χ2v) is 23.2. The highest BCUT2D eigenvalue weighted by Gasteiger charge is 2.41. The first-order valence-electron chi connectivity index (χ1n) is 30.0. The summed E-state index contributed by atoms with van der Waals surface area (Å²) in [6, 6.07) is 2.50. The number of benzene rings is 2. The largest absolute Gasteiger partial charge is 0.481 e. The number of amides is 10. The number of aliphatic imine (C=N–C) groups is 1. The summed E-state index contributed by atoms with van der Waals surface area (Å²) in [5.41, 5.74) is 30.7. The van der Waals surface area contributed by atoms with E-state index in [0.29, 0.717) is 47.0 Å². The molecule has 21 N–H and O–H groups in total. The average molecular weight is 1300 g/mol. The number of guanidine groups is 1. The minimum absolute atomic E-state index is 0.0111. The summed E-state index contributed by atoms with van der Waals surface area (Å²) in [5.74, 6) is -10.3. The monoisotopic (exact) mass is 1300 g/mol. The lowest BCUT2D eigenvalue weighted by Crippen LogP contribution is -2.61. The Labute approximate surface area is 537 Å². The van der Waals surface area contributed by atoms with Crippen molar-refractivity contribution in [3.8, 4) is 0 Å². The van der Waals surface area contributed by atoms with E-state index in [1.54, 1.807) is 74.6 Å². The number of hydrogen-bond donors (Lipinski definition) is 18. The van der Waals surface area contributed by atoms with Gasteiger partial charge in [0.2, 0.25) is 59.1 Å². The number of carboxylic acid groups (broad SMARTS) is 1. The van der Waals surface area contributed by atoms with Gasteiger partial charge in [0.25, 0.3) is 0 Å². The number of fused-ring (bicyclic) bond motifs is 1. The molecule has 1 aliphatic heterocycles. The van der Waals surface area contributed by atoms with E-state index in [4.69, 9.17) is 28.7 Å². The molecule has 30 nitrogen and oxygen atoms in total. The Hall–Kier alpha value is -8.75. The first-order chi connectivity index (χ1) is 43.4. The summed E-state index contributed by atoms with van der Waals surface area (Å²) in [6.45, 7) is 3.88. The molecule has 0 unspecified atom stereocenters. The number of nitrogens with zero attached hydrogens (tertiary/aromatic N) is 3. The Morgan fingerprint density at radius 1 is 0.659 bits per heavy atom. The summed E-state index contributed by atoms with van der Waals surface area (Å²) in [4.78, 5) is 168. The average Bonchev–Trinajstić information content (AvgIpc) is 2.86. The lowest BCUT2D eigenvalue weighted by molar-refractivity contribution is -0.142. The number of likely N-dealkylation sites (tertiary alicyclic amines) is 1. The predicted molar refractivity (Wildman–Crippen MR) is 344 cm³/mol. The number of carbonyl (C=O) groups excluding carboxylic acids is 10. The Balaban J connectivity index is 1.45. The van der Waals surface area contributed by atoms with Gasteiger partial charge in [-0.2, -0.15) is 25.3 Å². The maximum absolute atomic E-state index is 15.0. The Bertz CT molecular complexity index is 3150. The molecule has 91 heavy (non-hydrogen) atoms. The number of thiol groups is 2. The van der Waals surface area contributed by atoms with Crippen molar-refractivity contribution < 1.29 is 57.8 Å². The van der Waals surface area contributed by atoms with Crippen LogP contribution in [0.25, 0.3) is 10.9 Å². The molecule has 0 saturated carbocycles. The number of nitrogens with two attached hydrogens (primary N) is 5. The van der Waals surface area contributed by atoms with Crippen molar-refractivity contribution in [1.29, 1.82) is 0 Å². The quantitative estimate of drug-likeness (QED) is 0.00930. The van der Waals surface area contributed by atoms with Gasteiger partial charge >= 0.3 is 5.97 Å². The van der Waals surface area contributed by atoms with Crippen LogP contribution in [-0.4, -0.2) is 188 Å². The van der Waals surface area contributed by atoms with E-state index < -0.39 is 138 Å². The van der Waals surface area contributed by atoms with Crippen LogP contribution in [0.3, 0.4) is 0 Å². The number of imidazole rings is 1. The molecule has 0 spiro atoms. The standard InChI is InChI=1S/C59H86N18O12S2/c1-32(2)48(49(62)80)76-57(88)46-18-11-23-77(46)58(89)41(16-8-9-21-60)71-56(87)45(30-91)75-54(85)43(25-34-27-67-38-15-7-6-14-36(34)38)73-51(82)39(17-10-22-66-59(63)64)70-53(84)42(24-33-12-4-3-5-13-33)72-55(86)44(26-35-28-65-31-68-35)74-52(83)40(19-20-47(78)79)69-50(81)37(61)29-90/h3-7,12-15,27-28,31-32,37,39-46,48,67,90-91H,8-11,16-26,29-30,60-61H2,1-2H3,(H2,62,80)(H,65,68)(H,69,81)(H,70,84)(H,71,87)(H,72,86)(H,73,82)(H,74,83)(H,75,85)(H,76,88)(H,78,79)(H4,63,64,66)/t37-,39-,40-,41-,42+,43-,44-,45-,46-,48-/m0/s1. The minimum atomic E-state index is -1.50. The molecular weight excluding hydrogens is 1220 g/mol. The molecule has 4 aromatic rings. The van der Waals surface area contributed by atoms with E-state index in [1.165, 1.54) is 17.4 Å². The number of aromatic nitrogens is 3. The number of aromatic amines is 2. The predicted octanol–water partition coefficient (Wildman–Crippen LogP) is -2.84. The molecule has 5 rings (SSSR count). The smallest absolute Gasteiger partial charge is 0.303 e. The van der Waals surface area contributed by atoms with E-state index in [2.05, 4.69) is 87.7 Å². The first kappa shape index (κ1) is 73.0. The summed E-state index contributed by atoms with van der Waals surface area (Å²) < 4.78 is 0. The fraction of sp³-hybridized carbons (Fsp3) is 0.508. The lowest BCUT2D eigenvalue weighted by atomic mass is 10.0. The van der Waals surface area contributed by atoms with E-state index in [1.807, 2.05) is 0 Å². The van der Waals surface area contributed by atoms with Crippen LogP contribution in [0.2, 0.25) is 0 Å². The molecule has 0 bridgehead atoms. The Morgan fingerprint density at radius 3 is 1.81 bits per heavy atom. The molecule has 1 saturated heterocycles. The zero-order valence-corrected chi connectivity index (χ0v) is 52.6. The van der Waals surface area contributed by atoms with Crippen LogP contribution in [0.4, 0.5) is 0 Å². The zero-order chi connectivity index (χ0) is 66.7. The van der Waals surface area contributed by atoms with E-state index in [9.17, 15) is 57.8 Å². The summed E-state index contributed by atoms with van der Waals surface area (Å²) in [6.07, 6.45) is 4.48. The Morgan fingerprint density at radius 2 is 1.22 bits per heavy atom. The maximum Gasteiger partial charge on any atom is 0.303 e. The third-order valence-electron chi connectivity index (χ3n) is 15.1. The molecule has 32 heteroatoms. The molecule has 496 valence electrons. The summed E-state index contributed by atoms with van der Waals surface area (Å²) in [7, 11) is 0. The van der Waals surface area contributed by atoms with Crippen molar-refractivity contribution in [2.45, 2.75) is 151 Å². The first-order valence-corrected chi connectivity index (χ1v) is 31.2. The van der Waals surface area contributed by atoms with Gasteiger partial charge in [0.1, 0.15) is 54.4 Å². The molecule has 2 aromatic heterocycles. The van der Waals surface area contributed by atoms with Crippen molar-refractivity contribution in [3.63, 3.8) is 0 Å². The second kappa shape index (κ2) is 36.8. The van der Waals surface area contributed by atoms with E-state index in [0.717, 1.165) is 0 Å². The molecule has 3 heterocycles. The topological polar surface area (TPSA) is 494 Å². The highest BCUT2D eigenvalue weighted by atomic mass is 32.1. The Kier molecular flexibility index (Phi) is 29.5. The fourth-order valence-electron chi connectivity index (χ4n) is 10.2. The number of rotatable bonds is 38. The normalized spacial score (nSPS) is 15.9. The van der Waals surface area contributed by atoms with Gasteiger partial charge in [-0.25, -0.2) is 4.98 Å². The minimum Gasteiger partial charge on any atom is -0.481 e. The number of carbonyl (C=O) groups is 11. The number of H-pyrrole nitrogens is 2. The van der Waals surface area contributed by atoms with Crippen LogP contribution in [0.5, 0.6) is 0 Å². The van der Waals surface area contributed by atoms with Gasteiger partial charge < -0.3 is 91.2 Å². The van der Waals surface area contributed by atoms with Gasteiger partial charge in [-0.3, -0.25) is 57.7 Å². The van der Waals surface area contributed by atoms with Crippen molar-refractivity contribution in [2.75, 3.05) is 31.1 Å². The van der Waals surface area contributed by atoms with Crippen molar-refractivity contribution in [2.24, 2.45) is 39.6 Å². The molecule has 10 atom stereocenters. The van der Waals surface area contributed by atoms with Crippen molar-refractivity contribution in [3.05, 3.63) is 90.1 Å². The number of aliphatic carboxylic acids is 1. The summed E-state index contributed by atoms with van der Waals surface area (Å²) >= 11 is 8.46. The van der Waals surface area contributed by atoms with Crippen LogP contribution in [-0.2, 0) is 72.0 Å². The molecular formula is C59H86N18O12S2. The van der Waals surface area contributed by atoms with Gasteiger partial charge in [-0.15, -0.1) is 0 Å². The van der Waals surface area contributed by atoms with Crippen LogP contribution >= 0.6 is 25.3 Å². The van der Waals surface area contributed by atoms with E-state index in [-0.39, 0.29) is 88.0 Å².